The van der Waals surface area contributed by atoms with Crippen molar-refractivity contribution in [3.8, 4) is 5.69 Å². The zero-order chi connectivity index (χ0) is 19.5. The van der Waals surface area contributed by atoms with E-state index >= 15 is 0 Å². The summed E-state index contributed by atoms with van der Waals surface area (Å²) < 4.78 is 6.95. The highest BCUT2D eigenvalue weighted by atomic mass is 35.5. The number of halogens is 1. The van der Waals surface area contributed by atoms with Crippen molar-refractivity contribution in [2.24, 2.45) is 0 Å². The molecular weight excluding hydrogens is 400 g/mol. The standard InChI is InChI=1S/C18H19ClN6O2S/c1-12-16(22-23-25(12)15-4-2-3-13(19)9-15)17(26)21-18-20-14(11-28-18)10-24-5-7-27-8-6-24/h2-4,9,11H,5-8,10H2,1H3,(H,20,21,26). The lowest BCUT2D eigenvalue weighted by molar-refractivity contribution is 0.0337. The molecule has 1 saturated heterocycles. The van der Waals surface area contributed by atoms with Crippen molar-refractivity contribution in [1.29, 1.82) is 0 Å². The molecule has 0 bridgehead atoms. The van der Waals surface area contributed by atoms with Crippen LogP contribution in [-0.2, 0) is 11.3 Å². The van der Waals surface area contributed by atoms with E-state index in [-0.39, 0.29) is 11.6 Å². The van der Waals surface area contributed by atoms with E-state index in [1.54, 1.807) is 23.7 Å². The fraction of sp³-hybridized carbons (Fsp3) is 0.333. The Kier molecular flexibility index (Phi) is 5.67. The zero-order valence-corrected chi connectivity index (χ0v) is 16.8. The van der Waals surface area contributed by atoms with Crippen LogP contribution in [-0.4, -0.2) is 57.1 Å². The van der Waals surface area contributed by atoms with Gasteiger partial charge in [-0.1, -0.05) is 22.9 Å². The number of aromatic nitrogens is 4. The van der Waals surface area contributed by atoms with Crippen LogP contribution in [0.15, 0.2) is 29.6 Å². The molecule has 1 aliphatic rings. The second kappa shape index (κ2) is 8.36. The highest BCUT2D eigenvalue weighted by molar-refractivity contribution is 7.13. The lowest BCUT2D eigenvalue weighted by Crippen LogP contribution is -2.35. The van der Waals surface area contributed by atoms with E-state index in [9.17, 15) is 4.79 Å². The Morgan fingerprint density at radius 1 is 1.36 bits per heavy atom. The first-order chi connectivity index (χ1) is 13.6. The molecule has 1 aliphatic heterocycles. The molecule has 0 unspecified atom stereocenters. The van der Waals surface area contributed by atoms with Crippen LogP contribution in [0.3, 0.4) is 0 Å². The average Bonchev–Trinajstić information content (AvgIpc) is 3.29. The molecule has 0 saturated carbocycles. The predicted octanol–water partition coefficient (Wildman–Crippen LogP) is 2.77. The van der Waals surface area contributed by atoms with Crippen molar-refractivity contribution >= 4 is 34.0 Å². The molecular formula is C18H19ClN6O2S. The molecule has 10 heteroatoms. The number of ether oxygens (including phenoxy) is 1. The van der Waals surface area contributed by atoms with Crippen molar-refractivity contribution in [2.75, 3.05) is 31.6 Å². The van der Waals surface area contributed by atoms with Gasteiger partial charge in [-0.2, -0.15) is 0 Å². The molecule has 146 valence electrons. The summed E-state index contributed by atoms with van der Waals surface area (Å²) in [6.45, 7) is 5.82. The van der Waals surface area contributed by atoms with E-state index < -0.39 is 0 Å². The van der Waals surface area contributed by atoms with Gasteiger partial charge in [-0.3, -0.25) is 15.0 Å². The third-order valence-electron chi connectivity index (χ3n) is 4.42. The molecule has 1 amide bonds. The van der Waals surface area contributed by atoms with Gasteiger partial charge >= 0.3 is 0 Å². The first-order valence-corrected chi connectivity index (χ1v) is 10.1. The summed E-state index contributed by atoms with van der Waals surface area (Å²) in [6, 6.07) is 7.23. The number of benzene rings is 1. The van der Waals surface area contributed by atoms with Gasteiger partial charge in [0.05, 0.1) is 30.3 Å². The molecule has 1 fully saturated rings. The van der Waals surface area contributed by atoms with Crippen molar-refractivity contribution in [3.05, 3.63) is 51.7 Å². The van der Waals surface area contributed by atoms with Crippen LogP contribution in [0, 0.1) is 6.92 Å². The SMILES string of the molecule is Cc1c(C(=O)Nc2nc(CN3CCOCC3)cs2)nnn1-c1cccc(Cl)c1. The third kappa shape index (κ3) is 4.22. The number of hydrogen-bond donors (Lipinski definition) is 1. The molecule has 1 N–H and O–H groups in total. The van der Waals surface area contributed by atoms with E-state index in [4.69, 9.17) is 16.3 Å². The molecule has 0 radical (unpaired) electrons. The van der Waals surface area contributed by atoms with Crippen LogP contribution >= 0.6 is 22.9 Å². The van der Waals surface area contributed by atoms with Crippen molar-refractivity contribution in [3.63, 3.8) is 0 Å². The Morgan fingerprint density at radius 3 is 2.96 bits per heavy atom. The van der Waals surface area contributed by atoms with Crippen LogP contribution in [0.2, 0.25) is 5.02 Å². The minimum absolute atomic E-state index is 0.255. The summed E-state index contributed by atoms with van der Waals surface area (Å²) in [4.78, 5) is 19.4. The van der Waals surface area contributed by atoms with Gasteiger partial charge in [-0.15, -0.1) is 16.4 Å². The Morgan fingerprint density at radius 2 is 2.18 bits per heavy atom. The summed E-state index contributed by atoms with van der Waals surface area (Å²) in [5, 5.41) is 14.0. The minimum atomic E-state index is -0.335. The number of rotatable bonds is 5. The zero-order valence-electron chi connectivity index (χ0n) is 15.3. The molecule has 3 heterocycles. The molecule has 8 nitrogen and oxygen atoms in total. The largest absolute Gasteiger partial charge is 0.379 e. The fourth-order valence-electron chi connectivity index (χ4n) is 2.97. The Hall–Kier alpha value is -2.33. The van der Waals surface area contributed by atoms with Gasteiger partial charge in [0.15, 0.2) is 10.8 Å². The van der Waals surface area contributed by atoms with Gasteiger partial charge in [0.1, 0.15) is 0 Å². The van der Waals surface area contributed by atoms with Crippen LogP contribution in [0.4, 0.5) is 5.13 Å². The number of anilines is 1. The van der Waals surface area contributed by atoms with E-state index in [2.05, 4.69) is 25.5 Å². The molecule has 3 aromatic rings. The molecule has 0 atom stereocenters. The molecule has 0 aliphatic carbocycles. The maximum atomic E-state index is 12.6. The van der Waals surface area contributed by atoms with Gasteiger partial charge in [0, 0.05) is 30.0 Å². The number of amides is 1. The van der Waals surface area contributed by atoms with Crippen LogP contribution in [0.1, 0.15) is 21.9 Å². The summed E-state index contributed by atoms with van der Waals surface area (Å²) in [7, 11) is 0. The second-order valence-corrected chi connectivity index (χ2v) is 7.70. The maximum absolute atomic E-state index is 12.6. The lowest BCUT2D eigenvalue weighted by atomic mass is 10.3. The predicted molar refractivity (Wildman–Crippen MR) is 107 cm³/mol. The number of thiazole rings is 1. The maximum Gasteiger partial charge on any atom is 0.279 e. The van der Waals surface area contributed by atoms with Crippen molar-refractivity contribution < 1.29 is 9.53 Å². The quantitative estimate of drug-likeness (QED) is 0.685. The van der Waals surface area contributed by atoms with Gasteiger partial charge in [0.25, 0.3) is 5.91 Å². The number of nitrogens with zero attached hydrogens (tertiary/aromatic N) is 5. The van der Waals surface area contributed by atoms with Crippen LogP contribution < -0.4 is 5.32 Å². The van der Waals surface area contributed by atoms with Gasteiger partial charge in [-0.05, 0) is 25.1 Å². The molecule has 0 spiro atoms. The summed E-state index contributed by atoms with van der Waals surface area (Å²) in [5.41, 5.74) is 2.56. The average molecular weight is 419 g/mol. The first-order valence-electron chi connectivity index (χ1n) is 8.84. The van der Waals surface area contributed by atoms with E-state index in [1.807, 2.05) is 17.5 Å². The Labute approximate surface area is 171 Å². The first kappa shape index (κ1) is 19.0. The van der Waals surface area contributed by atoms with Crippen molar-refractivity contribution in [2.45, 2.75) is 13.5 Å². The van der Waals surface area contributed by atoms with Gasteiger partial charge in [0.2, 0.25) is 0 Å². The second-order valence-electron chi connectivity index (χ2n) is 6.40. The third-order valence-corrected chi connectivity index (χ3v) is 5.47. The smallest absolute Gasteiger partial charge is 0.279 e. The van der Waals surface area contributed by atoms with E-state index in [0.717, 1.165) is 44.2 Å². The van der Waals surface area contributed by atoms with Gasteiger partial charge < -0.3 is 4.74 Å². The highest BCUT2D eigenvalue weighted by Gasteiger charge is 2.19. The molecule has 28 heavy (non-hydrogen) atoms. The Balaban J connectivity index is 1.44. The Bertz CT molecular complexity index is 982. The normalized spacial score (nSPS) is 14.9. The number of hydrogen-bond acceptors (Lipinski definition) is 7. The molecule has 2 aromatic heterocycles. The monoisotopic (exact) mass is 418 g/mol. The number of carbonyl (C=O) groups is 1. The molecule has 4 rings (SSSR count). The number of carbonyl (C=O) groups excluding carboxylic acids is 1. The van der Waals surface area contributed by atoms with E-state index in [1.165, 1.54) is 11.3 Å². The topological polar surface area (TPSA) is 85.2 Å². The van der Waals surface area contributed by atoms with Crippen LogP contribution in [0.5, 0.6) is 0 Å². The van der Waals surface area contributed by atoms with Crippen LogP contribution in [0.25, 0.3) is 5.69 Å². The van der Waals surface area contributed by atoms with Gasteiger partial charge in [-0.25, -0.2) is 9.67 Å². The summed E-state index contributed by atoms with van der Waals surface area (Å²) >= 11 is 7.44. The number of nitrogens with one attached hydrogen (secondary N) is 1. The fourth-order valence-corrected chi connectivity index (χ4v) is 3.85. The lowest BCUT2D eigenvalue weighted by Gasteiger charge is -2.25. The van der Waals surface area contributed by atoms with E-state index in [0.29, 0.717) is 15.8 Å². The number of morpholine rings is 1. The molecule has 1 aromatic carbocycles. The highest BCUT2D eigenvalue weighted by Crippen LogP contribution is 2.20. The summed E-state index contributed by atoms with van der Waals surface area (Å²) in [5.74, 6) is -0.335. The van der Waals surface area contributed by atoms with Crippen molar-refractivity contribution in [1.82, 2.24) is 24.9 Å². The minimum Gasteiger partial charge on any atom is -0.379 e. The summed E-state index contributed by atoms with van der Waals surface area (Å²) in [6.07, 6.45) is 0.